The third-order valence-corrected chi connectivity index (χ3v) is 5.65. The molecule has 7 heteroatoms. The Balaban J connectivity index is 1.74. The first-order valence-electron chi connectivity index (χ1n) is 9.30. The number of para-hydroxylation sites is 1. The highest BCUT2D eigenvalue weighted by Gasteiger charge is 2.26. The number of carbonyl (C=O) groups is 1. The van der Waals surface area contributed by atoms with Gasteiger partial charge in [0.1, 0.15) is 0 Å². The zero-order valence-electron chi connectivity index (χ0n) is 16.1. The van der Waals surface area contributed by atoms with E-state index in [9.17, 15) is 13.6 Å². The number of carbonyl (C=O) groups excluding carboxylic acids is 1. The molecule has 3 rings (SSSR count). The minimum absolute atomic E-state index is 0.0135. The van der Waals surface area contributed by atoms with Crippen LogP contribution in [-0.2, 0) is 0 Å². The number of piperidine rings is 1. The Morgan fingerprint density at radius 3 is 2.57 bits per heavy atom. The molecule has 4 nitrogen and oxygen atoms in total. The molecule has 1 N–H and O–H groups in total. The number of rotatable bonds is 6. The van der Waals surface area contributed by atoms with Gasteiger partial charge < -0.3 is 15.1 Å². The van der Waals surface area contributed by atoms with Crippen molar-refractivity contribution >= 4 is 29.0 Å². The molecular formula is C21H25F2N3OS. The first-order valence-corrected chi connectivity index (χ1v) is 10.2. The van der Waals surface area contributed by atoms with Gasteiger partial charge in [-0.05, 0) is 63.3 Å². The number of halogens is 2. The molecular weight excluding hydrogens is 380 g/mol. The van der Waals surface area contributed by atoms with Crippen LogP contribution in [0.4, 0.5) is 20.2 Å². The molecule has 2 aromatic rings. The SMILES string of the molecule is CN(C)C1CCCN(C(=O)c2ccccc2Nc2ccc(SC(F)F)cc2)C1. The van der Waals surface area contributed by atoms with Crippen LogP contribution in [0.5, 0.6) is 0 Å². The summed E-state index contributed by atoms with van der Waals surface area (Å²) in [5.41, 5.74) is 2.09. The van der Waals surface area contributed by atoms with Crippen LogP contribution in [-0.4, -0.2) is 54.7 Å². The second kappa shape index (κ2) is 9.39. The van der Waals surface area contributed by atoms with Gasteiger partial charge in [-0.3, -0.25) is 4.79 Å². The normalized spacial score (nSPS) is 17.2. The van der Waals surface area contributed by atoms with Gasteiger partial charge in [0.15, 0.2) is 0 Å². The molecule has 0 aromatic heterocycles. The molecule has 28 heavy (non-hydrogen) atoms. The number of hydrogen-bond donors (Lipinski definition) is 1. The number of likely N-dealkylation sites (tertiary alicyclic amines) is 1. The number of amides is 1. The van der Waals surface area contributed by atoms with Crippen molar-refractivity contribution < 1.29 is 13.6 Å². The Hall–Kier alpha value is -2.12. The number of thioether (sulfide) groups is 1. The summed E-state index contributed by atoms with van der Waals surface area (Å²) in [6.07, 6.45) is 2.09. The van der Waals surface area contributed by atoms with Gasteiger partial charge in [0.25, 0.3) is 11.7 Å². The molecule has 0 radical (unpaired) electrons. The maximum atomic E-state index is 13.1. The molecule has 0 spiro atoms. The standard InChI is InChI=1S/C21H25F2N3OS/c1-25(2)16-6-5-13-26(14-16)20(27)18-7-3-4-8-19(18)24-15-9-11-17(12-10-15)28-21(22)23/h3-4,7-12,16,21,24H,5-6,13-14H2,1-2H3. The predicted octanol–water partition coefficient (Wildman–Crippen LogP) is 4.91. The van der Waals surface area contributed by atoms with Crippen molar-refractivity contribution in [2.75, 3.05) is 32.5 Å². The van der Waals surface area contributed by atoms with E-state index in [0.717, 1.165) is 31.6 Å². The Morgan fingerprint density at radius 1 is 1.18 bits per heavy atom. The molecule has 1 saturated heterocycles. The molecule has 0 saturated carbocycles. The zero-order valence-corrected chi connectivity index (χ0v) is 16.9. The van der Waals surface area contributed by atoms with Gasteiger partial charge in [-0.1, -0.05) is 23.9 Å². The second-order valence-corrected chi connectivity index (χ2v) is 8.15. The van der Waals surface area contributed by atoms with Gasteiger partial charge in [0.2, 0.25) is 0 Å². The first-order chi connectivity index (χ1) is 13.4. The van der Waals surface area contributed by atoms with E-state index in [4.69, 9.17) is 0 Å². The highest BCUT2D eigenvalue weighted by molar-refractivity contribution is 7.99. The monoisotopic (exact) mass is 405 g/mol. The van der Waals surface area contributed by atoms with Gasteiger partial charge in [0.05, 0.1) is 11.3 Å². The van der Waals surface area contributed by atoms with Crippen LogP contribution < -0.4 is 5.32 Å². The van der Waals surface area contributed by atoms with Gasteiger partial charge in [-0.2, -0.15) is 8.78 Å². The average Bonchev–Trinajstić information content (AvgIpc) is 2.69. The minimum Gasteiger partial charge on any atom is -0.355 e. The highest BCUT2D eigenvalue weighted by atomic mass is 32.2. The van der Waals surface area contributed by atoms with E-state index in [1.807, 2.05) is 43.3 Å². The number of alkyl halides is 2. The van der Waals surface area contributed by atoms with E-state index in [1.54, 1.807) is 24.3 Å². The first kappa shape index (κ1) is 20.6. The largest absolute Gasteiger partial charge is 0.355 e. The highest BCUT2D eigenvalue weighted by Crippen LogP contribution is 2.28. The second-order valence-electron chi connectivity index (χ2n) is 7.08. The number of hydrogen-bond acceptors (Lipinski definition) is 4. The van der Waals surface area contributed by atoms with Crippen LogP contribution >= 0.6 is 11.8 Å². The lowest BCUT2D eigenvalue weighted by atomic mass is 10.0. The van der Waals surface area contributed by atoms with Crippen molar-refractivity contribution in [2.24, 2.45) is 0 Å². The lowest BCUT2D eigenvalue weighted by Crippen LogP contribution is -2.47. The summed E-state index contributed by atoms with van der Waals surface area (Å²) in [7, 11) is 4.09. The van der Waals surface area contributed by atoms with Crippen molar-refractivity contribution in [3.05, 3.63) is 54.1 Å². The molecule has 2 aromatic carbocycles. The van der Waals surface area contributed by atoms with E-state index >= 15 is 0 Å². The summed E-state index contributed by atoms with van der Waals surface area (Å²) >= 11 is 0.517. The Kier molecular flexibility index (Phi) is 6.91. The maximum absolute atomic E-state index is 13.1. The van der Waals surface area contributed by atoms with Crippen LogP contribution in [0.3, 0.4) is 0 Å². The number of anilines is 2. The fourth-order valence-electron chi connectivity index (χ4n) is 3.38. The lowest BCUT2D eigenvalue weighted by Gasteiger charge is -2.36. The molecule has 0 aliphatic carbocycles. The van der Waals surface area contributed by atoms with Crippen molar-refractivity contribution in [2.45, 2.75) is 29.5 Å². The molecule has 1 amide bonds. The Morgan fingerprint density at radius 2 is 1.89 bits per heavy atom. The fraction of sp³-hybridized carbons (Fsp3) is 0.381. The van der Waals surface area contributed by atoms with E-state index in [1.165, 1.54) is 0 Å². The van der Waals surface area contributed by atoms with Gasteiger partial charge in [-0.15, -0.1) is 0 Å². The summed E-state index contributed by atoms with van der Waals surface area (Å²) in [4.78, 5) is 17.7. The van der Waals surface area contributed by atoms with Crippen molar-refractivity contribution in [1.82, 2.24) is 9.80 Å². The number of likely N-dealkylation sites (N-methyl/N-ethyl adjacent to an activating group) is 1. The summed E-state index contributed by atoms with van der Waals surface area (Å²) in [5.74, 6) is -2.42. The number of benzene rings is 2. The smallest absolute Gasteiger partial charge is 0.288 e. The van der Waals surface area contributed by atoms with E-state index in [0.29, 0.717) is 34.0 Å². The summed E-state index contributed by atoms with van der Waals surface area (Å²) in [6, 6.07) is 14.6. The quantitative estimate of drug-likeness (QED) is 0.693. The molecule has 150 valence electrons. The molecule has 1 heterocycles. The average molecular weight is 406 g/mol. The number of nitrogens with one attached hydrogen (secondary N) is 1. The van der Waals surface area contributed by atoms with Crippen molar-refractivity contribution in [3.8, 4) is 0 Å². The summed E-state index contributed by atoms with van der Waals surface area (Å²) in [5, 5.41) is 3.25. The molecule has 1 unspecified atom stereocenters. The van der Waals surface area contributed by atoms with Crippen LogP contribution in [0.1, 0.15) is 23.2 Å². The molecule has 0 bridgehead atoms. The predicted molar refractivity (Wildman–Crippen MR) is 111 cm³/mol. The number of nitrogens with zero attached hydrogens (tertiary/aromatic N) is 2. The van der Waals surface area contributed by atoms with Crippen LogP contribution in [0.15, 0.2) is 53.4 Å². The summed E-state index contributed by atoms with van der Waals surface area (Å²) in [6.45, 7) is 1.48. The third-order valence-electron chi connectivity index (χ3n) is 4.93. The van der Waals surface area contributed by atoms with Crippen LogP contribution in [0.25, 0.3) is 0 Å². The molecule has 1 aliphatic heterocycles. The molecule has 1 aliphatic rings. The minimum atomic E-state index is -2.44. The van der Waals surface area contributed by atoms with Crippen LogP contribution in [0, 0.1) is 0 Å². The zero-order chi connectivity index (χ0) is 20.1. The fourth-order valence-corrected chi connectivity index (χ4v) is 3.88. The van der Waals surface area contributed by atoms with Crippen molar-refractivity contribution in [3.63, 3.8) is 0 Å². The topological polar surface area (TPSA) is 35.6 Å². The Labute approximate surface area is 168 Å². The van der Waals surface area contributed by atoms with E-state index in [-0.39, 0.29) is 5.91 Å². The molecule has 1 fully saturated rings. The van der Waals surface area contributed by atoms with Crippen molar-refractivity contribution in [1.29, 1.82) is 0 Å². The van der Waals surface area contributed by atoms with Gasteiger partial charge in [-0.25, -0.2) is 0 Å². The van der Waals surface area contributed by atoms with Crippen LogP contribution in [0.2, 0.25) is 0 Å². The lowest BCUT2D eigenvalue weighted by molar-refractivity contribution is 0.0636. The third kappa shape index (κ3) is 5.23. The summed E-state index contributed by atoms with van der Waals surface area (Å²) < 4.78 is 24.9. The van der Waals surface area contributed by atoms with E-state index in [2.05, 4.69) is 10.2 Å². The molecule has 1 atom stereocenters. The Bertz CT molecular complexity index is 798. The van der Waals surface area contributed by atoms with Gasteiger partial charge >= 0.3 is 0 Å². The van der Waals surface area contributed by atoms with Gasteiger partial charge in [0, 0.05) is 29.7 Å². The van der Waals surface area contributed by atoms with E-state index < -0.39 is 5.76 Å². The maximum Gasteiger partial charge on any atom is 0.288 e.